The van der Waals surface area contributed by atoms with Crippen molar-refractivity contribution in [1.82, 2.24) is 14.1 Å². The van der Waals surface area contributed by atoms with Crippen LogP contribution in [0.3, 0.4) is 0 Å². The SMILES string of the molecule is C=CCN(C(=O)OCc1ccccc1)C1CCN(CCC(CO)(CN(C)S(=O)(=O)c2ccccc2)c2ccccc2)CC1. The summed E-state index contributed by atoms with van der Waals surface area (Å²) in [5.74, 6) is 0. The van der Waals surface area contributed by atoms with Crippen molar-refractivity contribution < 1.29 is 23.1 Å². The van der Waals surface area contributed by atoms with Crippen LogP contribution in [-0.2, 0) is 26.8 Å². The number of ether oxygens (including phenoxy) is 1. The van der Waals surface area contributed by atoms with E-state index in [1.54, 1.807) is 48.4 Å². The van der Waals surface area contributed by atoms with E-state index in [1.807, 2.05) is 60.7 Å². The molecule has 1 amide bonds. The van der Waals surface area contributed by atoms with Crippen molar-refractivity contribution in [3.05, 3.63) is 115 Å². The number of hydrogen-bond acceptors (Lipinski definition) is 6. The lowest BCUT2D eigenvalue weighted by atomic mass is 9.77. The summed E-state index contributed by atoms with van der Waals surface area (Å²) in [6.45, 7) is 6.66. The van der Waals surface area contributed by atoms with Crippen LogP contribution in [0.1, 0.15) is 30.4 Å². The van der Waals surface area contributed by atoms with Gasteiger partial charge in [-0.2, -0.15) is 4.31 Å². The number of rotatable bonds is 14. The monoisotopic (exact) mass is 605 g/mol. The molecule has 0 spiro atoms. The van der Waals surface area contributed by atoms with E-state index < -0.39 is 15.4 Å². The van der Waals surface area contributed by atoms with E-state index >= 15 is 0 Å². The zero-order valence-electron chi connectivity index (χ0n) is 24.9. The Morgan fingerprint density at radius 2 is 1.58 bits per heavy atom. The highest BCUT2D eigenvalue weighted by Crippen LogP contribution is 2.32. The number of piperidine rings is 1. The van der Waals surface area contributed by atoms with Gasteiger partial charge in [0.15, 0.2) is 0 Å². The van der Waals surface area contributed by atoms with Gasteiger partial charge in [0.05, 0.1) is 11.5 Å². The Labute approximate surface area is 256 Å². The molecule has 43 heavy (non-hydrogen) atoms. The van der Waals surface area contributed by atoms with Crippen LogP contribution in [0.4, 0.5) is 4.79 Å². The molecular formula is C34H43N3O5S. The largest absolute Gasteiger partial charge is 0.445 e. The topological polar surface area (TPSA) is 90.4 Å². The van der Waals surface area contributed by atoms with Crippen LogP contribution in [0.15, 0.2) is 109 Å². The maximum Gasteiger partial charge on any atom is 0.410 e. The lowest BCUT2D eigenvalue weighted by Crippen LogP contribution is -2.50. The number of aliphatic hydroxyl groups is 1. The molecule has 1 N–H and O–H groups in total. The summed E-state index contributed by atoms with van der Waals surface area (Å²) in [6, 6.07) is 27.7. The summed E-state index contributed by atoms with van der Waals surface area (Å²) < 4.78 is 33.7. The van der Waals surface area contributed by atoms with Gasteiger partial charge in [0.25, 0.3) is 0 Å². The minimum atomic E-state index is -3.74. The van der Waals surface area contributed by atoms with E-state index in [2.05, 4.69) is 11.5 Å². The number of carbonyl (C=O) groups is 1. The van der Waals surface area contributed by atoms with Crippen LogP contribution < -0.4 is 0 Å². The van der Waals surface area contributed by atoms with Crippen LogP contribution in [0.5, 0.6) is 0 Å². The minimum absolute atomic E-state index is 0.0383. The van der Waals surface area contributed by atoms with E-state index in [-0.39, 0.29) is 36.8 Å². The second-order valence-corrected chi connectivity index (χ2v) is 13.2. The average molecular weight is 606 g/mol. The van der Waals surface area contributed by atoms with Gasteiger partial charge in [0.1, 0.15) is 6.61 Å². The Bertz CT molecular complexity index is 1400. The molecule has 1 unspecified atom stereocenters. The molecule has 1 fully saturated rings. The molecule has 1 heterocycles. The number of carbonyl (C=O) groups excluding carboxylic acids is 1. The summed E-state index contributed by atoms with van der Waals surface area (Å²) in [7, 11) is -2.16. The van der Waals surface area contributed by atoms with Gasteiger partial charge in [-0.1, -0.05) is 84.9 Å². The van der Waals surface area contributed by atoms with E-state index in [9.17, 15) is 18.3 Å². The van der Waals surface area contributed by atoms with Gasteiger partial charge in [0.2, 0.25) is 10.0 Å². The number of likely N-dealkylation sites (N-methyl/N-ethyl adjacent to an activating group) is 1. The summed E-state index contributed by atoms with van der Waals surface area (Å²) in [5.41, 5.74) is 1.06. The zero-order chi connectivity index (χ0) is 30.7. The first kappa shape index (κ1) is 32.4. The van der Waals surface area contributed by atoms with Crippen LogP contribution in [0.25, 0.3) is 0 Å². The Hall–Kier alpha value is -3.50. The van der Waals surface area contributed by atoms with Crippen LogP contribution >= 0.6 is 0 Å². The average Bonchev–Trinajstić information content (AvgIpc) is 3.06. The fourth-order valence-corrected chi connectivity index (χ4v) is 7.03. The van der Waals surface area contributed by atoms with E-state index in [0.717, 1.165) is 37.1 Å². The molecule has 1 aliphatic rings. The number of likely N-dealkylation sites (tertiary alicyclic amines) is 1. The predicted octanol–water partition coefficient (Wildman–Crippen LogP) is 4.92. The molecule has 1 atom stereocenters. The summed E-state index contributed by atoms with van der Waals surface area (Å²) in [5, 5.41) is 10.8. The molecule has 0 aromatic heterocycles. The maximum atomic E-state index is 13.4. The number of aliphatic hydroxyl groups excluding tert-OH is 1. The second-order valence-electron chi connectivity index (χ2n) is 11.2. The van der Waals surface area contributed by atoms with Gasteiger partial charge in [-0.15, -0.1) is 6.58 Å². The molecule has 4 rings (SSSR count). The molecule has 0 bridgehead atoms. The van der Waals surface area contributed by atoms with Crippen molar-refractivity contribution >= 4 is 16.1 Å². The van der Waals surface area contributed by atoms with Gasteiger partial charge in [-0.3, -0.25) is 0 Å². The highest BCUT2D eigenvalue weighted by molar-refractivity contribution is 7.89. The van der Waals surface area contributed by atoms with Crippen molar-refractivity contribution in [2.75, 3.05) is 46.4 Å². The summed E-state index contributed by atoms with van der Waals surface area (Å²) in [4.78, 5) is 17.3. The molecule has 0 aliphatic carbocycles. The van der Waals surface area contributed by atoms with Crippen molar-refractivity contribution in [3.8, 4) is 0 Å². The third-order valence-electron chi connectivity index (χ3n) is 8.34. The summed E-state index contributed by atoms with van der Waals surface area (Å²) in [6.07, 6.45) is 3.53. The van der Waals surface area contributed by atoms with Gasteiger partial charge in [-0.25, -0.2) is 13.2 Å². The van der Waals surface area contributed by atoms with Crippen LogP contribution in [0, 0.1) is 0 Å². The molecular weight excluding hydrogens is 562 g/mol. The molecule has 3 aromatic rings. The first-order valence-corrected chi connectivity index (χ1v) is 16.2. The van der Waals surface area contributed by atoms with Gasteiger partial charge >= 0.3 is 6.09 Å². The Kier molecular flexibility index (Phi) is 11.5. The highest BCUT2D eigenvalue weighted by Gasteiger charge is 2.37. The predicted molar refractivity (Wildman–Crippen MR) is 169 cm³/mol. The second kappa shape index (κ2) is 15.3. The van der Waals surface area contributed by atoms with E-state index in [1.165, 1.54) is 4.31 Å². The van der Waals surface area contributed by atoms with Crippen molar-refractivity contribution in [3.63, 3.8) is 0 Å². The van der Waals surface area contributed by atoms with Gasteiger partial charge < -0.3 is 19.6 Å². The number of amides is 1. The zero-order valence-corrected chi connectivity index (χ0v) is 25.7. The molecule has 9 heteroatoms. The number of hydrogen-bond donors (Lipinski definition) is 1. The number of benzene rings is 3. The van der Waals surface area contributed by atoms with Gasteiger partial charge in [-0.05, 0) is 49.1 Å². The van der Waals surface area contributed by atoms with Crippen LogP contribution in [-0.4, -0.2) is 86.1 Å². The van der Waals surface area contributed by atoms with Gasteiger partial charge in [0, 0.05) is 44.7 Å². The highest BCUT2D eigenvalue weighted by atomic mass is 32.2. The smallest absolute Gasteiger partial charge is 0.410 e. The van der Waals surface area contributed by atoms with Crippen molar-refractivity contribution in [2.45, 2.75) is 42.2 Å². The molecule has 230 valence electrons. The lowest BCUT2D eigenvalue weighted by Gasteiger charge is -2.40. The fourth-order valence-electron chi connectivity index (χ4n) is 5.75. The van der Waals surface area contributed by atoms with Crippen LogP contribution in [0.2, 0.25) is 0 Å². The van der Waals surface area contributed by atoms with E-state index in [4.69, 9.17) is 4.74 Å². The summed E-state index contributed by atoms with van der Waals surface area (Å²) >= 11 is 0. The van der Waals surface area contributed by atoms with Crippen molar-refractivity contribution in [1.29, 1.82) is 0 Å². The first-order chi connectivity index (χ1) is 20.8. The quantitative estimate of drug-likeness (QED) is 0.263. The fraction of sp³-hybridized carbons (Fsp3) is 0.382. The third kappa shape index (κ3) is 8.32. The Balaban J connectivity index is 1.40. The number of sulfonamides is 1. The third-order valence-corrected chi connectivity index (χ3v) is 10.2. The molecule has 3 aromatic carbocycles. The molecule has 8 nitrogen and oxygen atoms in total. The molecule has 0 radical (unpaired) electrons. The minimum Gasteiger partial charge on any atom is -0.445 e. The standard InChI is InChI=1S/C34H43N3O5S/c1-3-22-37(33(39)42-26-29-13-7-4-8-14-29)31-19-23-36(24-20-31)25-21-34(28-38,30-15-9-5-10-16-30)27-35(2)43(40,41)32-17-11-6-12-18-32/h3-18,31,38H,1,19-28H2,2H3. The molecule has 0 saturated carbocycles. The Morgan fingerprint density at radius 1 is 1.00 bits per heavy atom. The normalized spacial score (nSPS) is 16.0. The van der Waals surface area contributed by atoms with E-state index in [0.29, 0.717) is 19.5 Å². The molecule has 1 aliphatic heterocycles. The first-order valence-electron chi connectivity index (χ1n) is 14.8. The number of nitrogens with zero attached hydrogens (tertiary/aromatic N) is 3. The Morgan fingerprint density at radius 3 is 2.16 bits per heavy atom. The lowest BCUT2D eigenvalue weighted by molar-refractivity contribution is 0.0628. The molecule has 1 saturated heterocycles. The van der Waals surface area contributed by atoms with Crippen molar-refractivity contribution in [2.24, 2.45) is 0 Å². The maximum absolute atomic E-state index is 13.4.